The summed E-state index contributed by atoms with van der Waals surface area (Å²) in [5, 5.41) is 6.09. The van der Waals surface area contributed by atoms with Gasteiger partial charge in [0.15, 0.2) is 0 Å². The first-order valence-corrected chi connectivity index (χ1v) is 15.1. The van der Waals surface area contributed by atoms with Gasteiger partial charge in [-0.15, -0.1) is 0 Å². The Hall–Kier alpha value is -3.80. The van der Waals surface area contributed by atoms with E-state index in [9.17, 15) is 13.2 Å². The van der Waals surface area contributed by atoms with Crippen LogP contribution in [0.15, 0.2) is 76.7 Å². The Bertz CT molecular complexity index is 1580. The first-order chi connectivity index (χ1) is 19.3. The molecule has 4 aromatic rings. The monoisotopic (exact) mass is 580 g/mol. The lowest BCUT2D eigenvalue weighted by molar-refractivity contribution is 0.0987. The molecule has 0 bridgehead atoms. The number of sulfonamides is 1. The van der Waals surface area contributed by atoms with Gasteiger partial charge in [-0.1, -0.05) is 25.2 Å². The van der Waals surface area contributed by atoms with Gasteiger partial charge >= 0.3 is 0 Å². The van der Waals surface area contributed by atoms with Crippen molar-refractivity contribution in [3.63, 3.8) is 0 Å². The van der Waals surface area contributed by atoms with E-state index in [2.05, 4.69) is 10.1 Å². The largest absolute Gasteiger partial charge is 0.497 e. The Morgan fingerprint density at radius 1 is 0.925 bits per heavy atom. The number of rotatable bonds is 12. The van der Waals surface area contributed by atoms with E-state index in [1.807, 2.05) is 38.1 Å². The van der Waals surface area contributed by atoms with Crippen molar-refractivity contribution in [2.24, 2.45) is 5.10 Å². The summed E-state index contributed by atoms with van der Waals surface area (Å²) in [4.78, 5) is 18.5. The van der Waals surface area contributed by atoms with Crippen LogP contribution in [0.2, 0.25) is 0 Å². The number of ether oxygens (including phenoxy) is 2. The highest BCUT2D eigenvalue weighted by Gasteiger charge is 2.25. The predicted molar refractivity (Wildman–Crippen MR) is 159 cm³/mol. The van der Waals surface area contributed by atoms with Gasteiger partial charge in [0.25, 0.3) is 5.91 Å². The molecular formula is C29H32N4O5S2. The van der Waals surface area contributed by atoms with Crippen LogP contribution in [0.1, 0.15) is 42.6 Å². The molecule has 11 heteroatoms. The van der Waals surface area contributed by atoms with Crippen LogP contribution in [-0.4, -0.2) is 57.1 Å². The topological polar surface area (TPSA) is 101 Å². The first kappa shape index (κ1) is 29.2. The van der Waals surface area contributed by atoms with Crippen LogP contribution < -0.4 is 14.5 Å². The van der Waals surface area contributed by atoms with Gasteiger partial charge in [0.05, 0.1) is 35.5 Å². The standard InChI is InChI=1S/C29H32N4O5S2/c1-5-17-32(18-6-2)40(35,36)25-14-9-22(10-15-25)28(34)33(30-20-21-7-11-23(37-3)12-8-21)29-31-26-16-13-24(38-4)19-27(26)39-29/h7-16,19-20H,5-6,17-18H2,1-4H3/b30-20+. The molecule has 0 aliphatic heterocycles. The number of anilines is 1. The second-order valence-electron chi connectivity index (χ2n) is 8.89. The van der Waals surface area contributed by atoms with E-state index in [1.54, 1.807) is 38.6 Å². The minimum absolute atomic E-state index is 0.145. The van der Waals surface area contributed by atoms with E-state index >= 15 is 0 Å². The Labute approximate surface area is 238 Å². The zero-order valence-electron chi connectivity index (χ0n) is 22.9. The lowest BCUT2D eigenvalue weighted by Gasteiger charge is -2.21. The Kier molecular flexibility index (Phi) is 9.51. The van der Waals surface area contributed by atoms with E-state index in [-0.39, 0.29) is 10.5 Å². The third kappa shape index (κ3) is 6.49. The van der Waals surface area contributed by atoms with Crippen LogP contribution in [0.5, 0.6) is 11.5 Å². The number of thiazole rings is 1. The number of carbonyl (C=O) groups is 1. The molecule has 0 unspecified atom stereocenters. The number of aromatic nitrogens is 1. The maximum Gasteiger partial charge on any atom is 0.280 e. The second kappa shape index (κ2) is 13.0. The molecule has 0 saturated carbocycles. The van der Waals surface area contributed by atoms with E-state index in [0.717, 1.165) is 10.3 Å². The molecule has 0 spiro atoms. The molecule has 1 amide bonds. The number of amides is 1. The van der Waals surface area contributed by atoms with E-state index in [4.69, 9.17) is 9.47 Å². The van der Waals surface area contributed by atoms with E-state index in [1.165, 1.54) is 44.9 Å². The third-order valence-electron chi connectivity index (χ3n) is 6.08. The fraction of sp³-hybridized carbons (Fsp3) is 0.276. The second-order valence-corrected chi connectivity index (χ2v) is 11.8. The molecule has 0 atom stereocenters. The average molecular weight is 581 g/mol. The third-order valence-corrected chi connectivity index (χ3v) is 8.99. The molecule has 9 nitrogen and oxygen atoms in total. The van der Waals surface area contributed by atoms with Crippen LogP contribution in [0.3, 0.4) is 0 Å². The molecule has 0 saturated heterocycles. The summed E-state index contributed by atoms with van der Waals surface area (Å²) in [6, 6.07) is 18.7. The number of hydrogen-bond donors (Lipinski definition) is 0. The first-order valence-electron chi connectivity index (χ1n) is 12.9. The summed E-state index contributed by atoms with van der Waals surface area (Å²) in [6.45, 7) is 4.76. The zero-order valence-corrected chi connectivity index (χ0v) is 24.5. The fourth-order valence-corrected chi connectivity index (χ4v) is 6.58. The minimum atomic E-state index is -3.67. The summed E-state index contributed by atoms with van der Waals surface area (Å²) < 4.78 is 39.2. The van der Waals surface area contributed by atoms with Crippen LogP contribution in [-0.2, 0) is 10.0 Å². The van der Waals surface area contributed by atoms with E-state index in [0.29, 0.717) is 48.1 Å². The summed E-state index contributed by atoms with van der Waals surface area (Å²) >= 11 is 1.30. The fourth-order valence-electron chi connectivity index (χ4n) is 4.01. The number of benzene rings is 3. The highest BCUT2D eigenvalue weighted by atomic mass is 32.2. The van der Waals surface area contributed by atoms with Crippen LogP contribution in [0.25, 0.3) is 10.2 Å². The molecule has 40 heavy (non-hydrogen) atoms. The summed E-state index contributed by atoms with van der Waals surface area (Å²) in [5.74, 6) is 0.940. The Morgan fingerprint density at radius 2 is 1.55 bits per heavy atom. The Balaban J connectivity index is 1.69. The molecule has 1 aromatic heterocycles. The average Bonchev–Trinajstić information content (AvgIpc) is 3.40. The van der Waals surface area contributed by atoms with Crippen molar-refractivity contribution in [1.29, 1.82) is 0 Å². The molecule has 0 aliphatic carbocycles. The van der Waals surface area contributed by atoms with Crippen LogP contribution >= 0.6 is 11.3 Å². The molecule has 0 aliphatic rings. The SMILES string of the molecule is CCCN(CCC)S(=O)(=O)c1ccc(C(=O)N(/N=C/c2ccc(OC)cc2)c2nc3ccc(OC)cc3s2)cc1. The van der Waals surface area contributed by atoms with Crippen molar-refractivity contribution in [2.75, 3.05) is 32.3 Å². The van der Waals surface area contributed by atoms with Crippen molar-refractivity contribution >= 4 is 48.8 Å². The summed E-state index contributed by atoms with van der Waals surface area (Å²) in [5.41, 5.74) is 1.74. The molecule has 210 valence electrons. The zero-order chi connectivity index (χ0) is 28.7. The lowest BCUT2D eigenvalue weighted by Crippen LogP contribution is -2.32. The quantitative estimate of drug-likeness (QED) is 0.155. The van der Waals surface area contributed by atoms with Gasteiger partial charge in [-0.25, -0.2) is 13.4 Å². The maximum atomic E-state index is 13.7. The molecule has 4 rings (SSSR count). The van der Waals surface area contributed by atoms with Gasteiger partial charge in [0, 0.05) is 18.7 Å². The predicted octanol–water partition coefficient (Wildman–Crippen LogP) is 5.81. The highest BCUT2D eigenvalue weighted by molar-refractivity contribution is 7.89. The molecule has 3 aromatic carbocycles. The number of carbonyl (C=O) groups excluding carboxylic acids is 1. The van der Waals surface area contributed by atoms with Gasteiger partial charge in [-0.3, -0.25) is 4.79 Å². The van der Waals surface area contributed by atoms with Crippen molar-refractivity contribution in [3.8, 4) is 11.5 Å². The number of methoxy groups -OCH3 is 2. The van der Waals surface area contributed by atoms with Gasteiger partial charge in [-0.2, -0.15) is 14.4 Å². The number of fused-ring (bicyclic) bond motifs is 1. The van der Waals surface area contributed by atoms with Gasteiger partial charge in [0.1, 0.15) is 11.5 Å². The van der Waals surface area contributed by atoms with Crippen molar-refractivity contribution < 1.29 is 22.7 Å². The number of nitrogens with zero attached hydrogens (tertiary/aromatic N) is 4. The Morgan fingerprint density at radius 3 is 2.15 bits per heavy atom. The lowest BCUT2D eigenvalue weighted by atomic mass is 10.2. The maximum absolute atomic E-state index is 13.7. The summed E-state index contributed by atoms with van der Waals surface area (Å²) in [6.07, 6.45) is 2.99. The molecule has 1 heterocycles. The van der Waals surface area contributed by atoms with Gasteiger partial charge < -0.3 is 9.47 Å². The summed E-state index contributed by atoms with van der Waals surface area (Å²) in [7, 11) is -0.490. The molecule has 0 fully saturated rings. The highest BCUT2D eigenvalue weighted by Crippen LogP contribution is 2.32. The molecular weight excluding hydrogens is 548 g/mol. The van der Waals surface area contributed by atoms with Gasteiger partial charge in [0.2, 0.25) is 15.2 Å². The van der Waals surface area contributed by atoms with Crippen molar-refractivity contribution in [1.82, 2.24) is 9.29 Å². The number of hydrogen-bond acceptors (Lipinski definition) is 8. The van der Waals surface area contributed by atoms with Crippen molar-refractivity contribution in [3.05, 3.63) is 77.9 Å². The normalized spacial score (nSPS) is 11.8. The van der Waals surface area contributed by atoms with Gasteiger partial charge in [-0.05, 0) is 85.1 Å². The molecule has 0 radical (unpaired) electrons. The van der Waals surface area contributed by atoms with Crippen molar-refractivity contribution in [2.45, 2.75) is 31.6 Å². The van der Waals surface area contributed by atoms with Crippen LogP contribution in [0.4, 0.5) is 5.13 Å². The van der Waals surface area contributed by atoms with Crippen LogP contribution in [0, 0.1) is 0 Å². The smallest absolute Gasteiger partial charge is 0.280 e. The molecule has 0 N–H and O–H groups in total. The number of hydrazone groups is 1. The minimum Gasteiger partial charge on any atom is -0.497 e. The van der Waals surface area contributed by atoms with E-state index < -0.39 is 15.9 Å².